The van der Waals surface area contributed by atoms with Gasteiger partial charge in [-0.2, -0.15) is 13.2 Å². The molecule has 1 fully saturated rings. The Labute approximate surface area is 138 Å². The zero-order valence-electron chi connectivity index (χ0n) is 13.8. The minimum atomic E-state index is -5.00. The number of rotatable bonds is 6. The zero-order chi connectivity index (χ0) is 18.0. The molecule has 9 heteroatoms. The Kier molecular flexibility index (Phi) is 5.54. The Hall–Kier alpha value is -1.61. The number of aromatic nitrogens is 2. The van der Waals surface area contributed by atoms with Crippen molar-refractivity contribution in [3.63, 3.8) is 0 Å². The fourth-order valence-electron chi connectivity index (χ4n) is 2.99. The van der Waals surface area contributed by atoms with Crippen LogP contribution in [0.1, 0.15) is 25.6 Å². The summed E-state index contributed by atoms with van der Waals surface area (Å²) in [6.45, 7) is 5.01. The lowest BCUT2D eigenvalue weighted by Crippen LogP contribution is -2.48. The maximum absolute atomic E-state index is 13.4. The predicted octanol–water partition coefficient (Wildman–Crippen LogP) is 1.02. The third-order valence-electron chi connectivity index (χ3n) is 4.48. The van der Waals surface area contributed by atoms with E-state index < -0.39 is 29.9 Å². The molecule has 1 aliphatic rings. The van der Waals surface area contributed by atoms with Crippen molar-refractivity contribution in [2.45, 2.75) is 31.5 Å². The van der Waals surface area contributed by atoms with E-state index in [0.29, 0.717) is 6.54 Å². The number of carbonyl (C=O) groups excluding carboxylic acids is 1. The third kappa shape index (κ3) is 3.89. The molecule has 1 aliphatic heterocycles. The molecule has 2 atom stereocenters. The molecule has 0 saturated carbocycles. The van der Waals surface area contributed by atoms with Crippen LogP contribution in [0.3, 0.4) is 0 Å². The van der Waals surface area contributed by atoms with Gasteiger partial charge in [-0.05, 0) is 25.4 Å². The van der Waals surface area contributed by atoms with Crippen LogP contribution in [0.25, 0.3) is 0 Å². The van der Waals surface area contributed by atoms with E-state index >= 15 is 0 Å². The smallest absolute Gasteiger partial charge is 0.374 e. The second kappa shape index (κ2) is 7.10. The van der Waals surface area contributed by atoms with Crippen LogP contribution < -0.4 is 5.32 Å². The highest BCUT2D eigenvalue weighted by atomic mass is 19.4. The van der Waals surface area contributed by atoms with Crippen LogP contribution in [0.5, 0.6) is 0 Å². The average molecular weight is 348 g/mol. The van der Waals surface area contributed by atoms with Gasteiger partial charge in [0.1, 0.15) is 0 Å². The number of nitrogens with one attached hydrogen (secondary N) is 1. The predicted molar refractivity (Wildman–Crippen MR) is 81.0 cm³/mol. The fourth-order valence-corrected chi connectivity index (χ4v) is 2.99. The Balaban J connectivity index is 2.00. The molecule has 2 heterocycles. The van der Waals surface area contributed by atoms with Gasteiger partial charge in [-0.3, -0.25) is 4.79 Å². The summed E-state index contributed by atoms with van der Waals surface area (Å²) in [5, 5.41) is 12.7. The van der Waals surface area contributed by atoms with Crippen LogP contribution >= 0.6 is 0 Å². The van der Waals surface area contributed by atoms with Crippen molar-refractivity contribution in [1.29, 1.82) is 0 Å². The molecule has 1 saturated heterocycles. The second-order valence-electron chi connectivity index (χ2n) is 6.25. The Morgan fingerprint density at radius 2 is 2.21 bits per heavy atom. The Morgan fingerprint density at radius 1 is 1.50 bits per heavy atom. The molecule has 0 aromatic carbocycles. The van der Waals surface area contributed by atoms with Gasteiger partial charge in [0.25, 0.3) is 0 Å². The molecule has 0 bridgehead atoms. The summed E-state index contributed by atoms with van der Waals surface area (Å²) in [5.41, 5.74) is -3.31. The normalized spacial score (nSPS) is 21.7. The largest absolute Gasteiger partial charge is 0.425 e. The lowest BCUT2D eigenvalue weighted by Gasteiger charge is -2.29. The van der Waals surface area contributed by atoms with Crippen LogP contribution in [0.15, 0.2) is 12.4 Å². The minimum Gasteiger partial charge on any atom is -0.374 e. The monoisotopic (exact) mass is 348 g/mol. The van der Waals surface area contributed by atoms with Gasteiger partial charge in [0.05, 0.1) is 6.42 Å². The summed E-state index contributed by atoms with van der Waals surface area (Å²) < 4.78 is 41.1. The van der Waals surface area contributed by atoms with E-state index in [4.69, 9.17) is 0 Å². The molecule has 2 N–H and O–H groups in total. The van der Waals surface area contributed by atoms with Crippen LogP contribution in [-0.4, -0.2) is 57.8 Å². The van der Waals surface area contributed by atoms with E-state index in [1.54, 1.807) is 0 Å². The van der Waals surface area contributed by atoms with Gasteiger partial charge < -0.3 is 19.9 Å². The number of nitrogens with zero attached hydrogens (tertiary/aromatic N) is 3. The topological polar surface area (TPSA) is 70.4 Å². The first-order valence-corrected chi connectivity index (χ1v) is 7.93. The standard InChI is InChI=1S/C15H23F3N4O2/c1-3-22-6-4-11(10-22)9-20-12(23)8-14(24,15(16,17)18)13-19-5-7-21(13)2/h5,7,11,24H,3-4,6,8-10H2,1-2H3,(H,20,23). The van der Waals surface area contributed by atoms with Crippen molar-refractivity contribution < 1.29 is 23.1 Å². The molecule has 136 valence electrons. The molecule has 0 aliphatic carbocycles. The van der Waals surface area contributed by atoms with Gasteiger partial charge >= 0.3 is 6.18 Å². The molecule has 1 aromatic heterocycles. The number of hydrogen-bond acceptors (Lipinski definition) is 4. The first kappa shape index (κ1) is 18.7. The summed E-state index contributed by atoms with van der Waals surface area (Å²) in [5.74, 6) is -1.21. The molecule has 1 aromatic rings. The summed E-state index contributed by atoms with van der Waals surface area (Å²) >= 11 is 0. The van der Waals surface area contributed by atoms with Crippen molar-refractivity contribution in [1.82, 2.24) is 19.8 Å². The quantitative estimate of drug-likeness (QED) is 0.805. The average Bonchev–Trinajstić information content (AvgIpc) is 3.12. The number of imidazole rings is 1. The molecule has 0 spiro atoms. The van der Waals surface area contributed by atoms with E-state index in [2.05, 4.69) is 15.2 Å². The van der Waals surface area contributed by atoms with Crippen LogP contribution in [0.2, 0.25) is 0 Å². The Bertz CT molecular complexity index is 575. The van der Waals surface area contributed by atoms with Crippen LogP contribution in [0.4, 0.5) is 13.2 Å². The van der Waals surface area contributed by atoms with E-state index in [9.17, 15) is 23.1 Å². The number of halogens is 3. The minimum absolute atomic E-state index is 0.223. The maximum atomic E-state index is 13.4. The highest BCUT2D eigenvalue weighted by Gasteiger charge is 2.58. The first-order valence-electron chi connectivity index (χ1n) is 7.93. The third-order valence-corrected chi connectivity index (χ3v) is 4.48. The number of aliphatic hydroxyl groups is 1. The van der Waals surface area contributed by atoms with Gasteiger partial charge in [-0.15, -0.1) is 0 Å². The summed E-state index contributed by atoms with van der Waals surface area (Å²) in [4.78, 5) is 17.8. The van der Waals surface area contributed by atoms with E-state index in [0.717, 1.165) is 36.8 Å². The van der Waals surface area contributed by atoms with Gasteiger partial charge in [0.2, 0.25) is 11.5 Å². The van der Waals surface area contributed by atoms with Crippen molar-refractivity contribution in [2.75, 3.05) is 26.2 Å². The highest BCUT2D eigenvalue weighted by Crippen LogP contribution is 2.40. The summed E-state index contributed by atoms with van der Waals surface area (Å²) in [6.07, 6.45) is -2.76. The molecule has 2 unspecified atom stereocenters. The first-order chi connectivity index (χ1) is 11.2. The molecule has 1 amide bonds. The molecule has 6 nitrogen and oxygen atoms in total. The zero-order valence-corrected chi connectivity index (χ0v) is 13.8. The van der Waals surface area contributed by atoms with Gasteiger partial charge in [0, 0.05) is 32.5 Å². The lowest BCUT2D eigenvalue weighted by molar-refractivity contribution is -0.271. The molecule has 0 radical (unpaired) electrons. The Morgan fingerprint density at radius 3 is 2.71 bits per heavy atom. The van der Waals surface area contributed by atoms with Gasteiger partial charge in [-0.1, -0.05) is 6.92 Å². The number of alkyl halides is 3. The SMILES string of the molecule is CCN1CCC(CNC(=O)CC(O)(c2nccn2C)C(F)(F)F)C1. The fraction of sp³-hybridized carbons (Fsp3) is 0.733. The number of amides is 1. The second-order valence-corrected chi connectivity index (χ2v) is 6.25. The number of hydrogen-bond donors (Lipinski definition) is 2. The van der Waals surface area contributed by atoms with Crippen molar-refractivity contribution in [3.05, 3.63) is 18.2 Å². The lowest BCUT2D eigenvalue weighted by atomic mass is 9.97. The number of likely N-dealkylation sites (tertiary alicyclic amines) is 1. The number of carbonyl (C=O) groups is 1. The van der Waals surface area contributed by atoms with E-state index in [1.165, 1.54) is 13.2 Å². The maximum Gasteiger partial charge on any atom is 0.425 e. The van der Waals surface area contributed by atoms with Gasteiger partial charge in [-0.25, -0.2) is 4.98 Å². The number of aryl methyl sites for hydroxylation is 1. The molecule has 2 rings (SSSR count). The van der Waals surface area contributed by atoms with Crippen LogP contribution in [0, 0.1) is 5.92 Å². The molecule has 24 heavy (non-hydrogen) atoms. The molecular formula is C15H23F3N4O2. The van der Waals surface area contributed by atoms with E-state index in [-0.39, 0.29) is 5.92 Å². The highest BCUT2D eigenvalue weighted by molar-refractivity contribution is 5.77. The van der Waals surface area contributed by atoms with Crippen molar-refractivity contribution >= 4 is 5.91 Å². The van der Waals surface area contributed by atoms with Crippen molar-refractivity contribution in [3.8, 4) is 0 Å². The van der Waals surface area contributed by atoms with Gasteiger partial charge in [0.15, 0.2) is 5.82 Å². The summed E-state index contributed by atoms with van der Waals surface area (Å²) in [7, 11) is 1.34. The van der Waals surface area contributed by atoms with E-state index in [1.807, 2.05) is 6.92 Å². The van der Waals surface area contributed by atoms with Crippen LogP contribution in [-0.2, 0) is 17.4 Å². The summed E-state index contributed by atoms with van der Waals surface area (Å²) in [6, 6.07) is 0. The molecular weight excluding hydrogens is 325 g/mol. The van der Waals surface area contributed by atoms with Crippen molar-refractivity contribution in [2.24, 2.45) is 13.0 Å².